The minimum Gasteiger partial charge on any atom is -0.396 e. The van der Waals surface area contributed by atoms with Crippen molar-refractivity contribution in [2.45, 2.75) is 21.8 Å². The van der Waals surface area contributed by atoms with Crippen LogP contribution in [0.2, 0.25) is 0 Å². The second kappa shape index (κ2) is 21.1. The van der Waals surface area contributed by atoms with Crippen molar-refractivity contribution in [3.63, 3.8) is 0 Å². The molecular weight excluding hydrogens is 913 g/mol. The molecule has 32 heteroatoms. The van der Waals surface area contributed by atoms with E-state index >= 15 is 0 Å². The highest BCUT2D eigenvalue weighted by Crippen LogP contribution is 2.28. The lowest BCUT2D eigenvalue weighted by Crippen LogP contribution is -2.24. The number of benzene rings is 2. The van der Waals surface area contributed by atoms with Crippen LogP contribution in [-0.4, -0.2) is 159 Å². The molecule has 14 N–H and O–H groups in total. The summed E-state index contributed by atoms with van der Waals surface area (Å²) in [5.74, 6) is -3.75. The van der Waals surface area contributed by atoms with Gasteiger partial charge < -0.3 is 47.1 Å². The Kier molecular flexibility index (Phi) is 16.8. The van der Waals surface area contributed by atoms with E-state index in [1.54, 1.807) is 0 Å². The minimum atomic E-state index is -5.01. The second-order valence-electron chi connectivity index (χ2n) is 12.6. The number of hydrogen-bond donors (Lipinski definition) is 14. The van der Waals surface area contributed by atoms with Gasteiger partial charge >= 0.3 is 0 Å². The minimum absolute atomic E-state index is 0.0449. The molecule has 0 aliphatic rings. The van der Waals surface area contributed by atoms with Gasteiger partial charge in [0.2, 0.25) is 29.7 Å². The van der Waals surface area contributed by atoms with Gasteiger partial charge in [0.1, 0.15) is 15.6 Å². The molecule has 28 nitrogen and oxygen atoms in total. The first-order valence-corrected chi connectivity index (χ1v) is 23.4. The zero-order valence-corrected chi connectivity index (χ0v) is 34.9. The van der Waals surface area contributed by atoms with Crippen LogP contribution in [0.15, 0.2) is 46.2 Å². The van der Waals surface area contributed by atoms with Gasteiger partial charge in [-0.15, -0.1) is 0 Å². The van der Waals surface area contributed by atoms with Crippen LogP contribution in [0.25, 0.3) is 12.2 Å². The molecule has 2 heterocycles. The number of nitrogens with zero attached hydrogens (tertiary/aromatic N) is 6. The Morgan fingerprint density at radius 3 is 1.40 bits per heavy atom. The molecule has 2 atom stereocenters. The highest BCUT2D eigenvalue weighted by Gasteiger charge is 2.21. The van der Waals surface area contributed by atoms with Gasteiger partial charge in [0.05, 0.1) is 36.7 Å². The maximum atomic E-state index is 12.5. The van der Waals surface area contributed by atoms with Crippen molar-refractivity contribution >= 4 is 93.7 Å². The normalized spacial score (nSPS) is 13.4. The quantitative estimate of drug-likeness (QED) is 0.0219. The van der Waals surface area contributed by atoms with Gasteiger partial charge in [-0.25, -0.2) is 5.48 Å². The average Bonchev–Trinajstić information content (AvgIpc) is 3.17. The first kappa shape index (κ1) is 49.3. The van der Waals surface area contributed by atoms with Crippen LogP contribution in [0, 0.1) is 0 Å². The Morgan fingerprint density at radius 1 is 0.565 bits per heavy atom. The lowest BCUT2D eigenvalue weighted by Gasteiger charge is -2.15. The zero-order chi connectivity index (χ0) is 45.9. The molecule has 0 saturated heterocycles. The van der Waals surface area contributed by atoms with E-state index < -0.39 is 87.0 Å². The summed E-state index contributed by atoms with van der Waals surface area (Å²) >= 11 is 0. The van der Waals surface area contributed by atoms with Crippen molar-refractivity contribution in [3.05, 3.63) is 53.3 Å². The summed E-state index contributed by atoms with van der Waals surface area (Å²) in [4.78, 5) is 23.0. The van der Waals surface area contributed by atoms with Crippen LogP contribution in [0.1, 0.15) is 22.9 Å². The average molecular weight is 953 g/mol. The third-order valence-corrected chi connectivity index (χ3v) is 11.0. The number of hydroxylamine groups is 1. The molecule has 2 aromatic heterocycles. The number of aliphatic hydroxyl groups is 3. The number of nitrogens with one attached hydrogen (secondary N) is 6. The Balaban J connectivity index is 1.66. The predicted octanol–water partition coefficient (Wildman–Crippen LogP) is -1.37. The highest BCUT2D eigenvalue weighted by atomic mass is 32.2. The number of aromatic nitrogens is 6. The molecule has 62 heavy (non-hydrogen) atoms. The van der Waals surface area contributed by atoms with Gasteiger partial charge in [0.15, 0.2) is 0 Å². The Bertz CT molecular complexity index is 2700. The summed E-state index contributed by atoms with van der Waals surface area (Å²) in [5, 5.41) is 50.9. The van der Waals surface area contributed by atoms with Crippen molar-refractivity contribution in [1.82, 2.24) is 35.4 Å². The Labute approximate surface area is 353 Å². The molecule has 0 radical (unpaired) electrons. The van der Waals surface area contributed by atoms with Gasteiger partial charge in [-0.1, -0.05) is 24.3 Å². The van der Waals surface area contributed by atoms with E-state index in [1.165, 1.54) is 24.3 Å². The molecule has 0 spiro atoms. The van der Waals surface area contributed by atoms with Crippen molar-refractivity contribution in [2.75, 3.05) is 77.5 Å². The summed E-state index contributed by atoms with van der Waals surface area (Å²) in [6.45, 7) is -2.39. The molecular formula is C30H40N12O16S4. The van der Waals surface area contributed by atoms with Crippen LogP contribution in [0.4, 0.5) is 41.1 Å². The SMILES string of the molecule is O=S(=O)(O)CCNc1nc(NCC(O)CO)nc(Nc2ccc(C=Cc3ccc(Nc4nc(NCCS(=O)(=O)O)nc(C(CO)CNO)n4)cc3S(=O)(=O)O)c(S(=O)(=O)O)c2)n1. The Hall–Kier alpha value is -5.36. The van der Waals surface area contributed by atoms with E-state index in [0.717, 1.165) is 24.3 Å². The third kappa shape index (κ3) is 15.8. The summed E-state index contributed by atoms with van der Waals surface area (Å²) in [6.07, 6.45) is 0.974. The number of aliphatic hydroxyl groups excluding tert-OH is 3. The molecule has 2 unspecified atom stereocenters. The fourth-order valence-corrected chi connectivity index (χ4v) is 7.03. The van der Waals surface area contributed by atoms with Crippen LogP contribution in [0.3, 0.4) is 0 Å². The number of rotatable bonds is 24. The van der Waals surface area contributed by atoms with Gasteiger partial charge in [0.25, 0.3) is 40.5 Å². The van der Waals surface area contributed by atoms with Gasteiger partial charge in [-0.05, 0) is 35.4 Å². The molecule has 4 rings (SSSR count). The molecule has 2 aromatic carbocycles. The van der Waals surface area contributed by atoms with Crippen molar-refractivity contribution in [1.29, 1.82) is 0 Å². The lowest BCUT2D eigenvalue weighted by atomic mass is 10.1. The van der Waals surface area contributed by atoms with E-state index in [0.29, 0.717) is 0 Å². The van der Waals surface area contributed by atoms with E-state index in [-0.39, 0.29) is 84.2 Å². The molecule has 4 aromatic rings. The molecule has 0 amide bonds. The first-order valence-electron chi connectivity index (χ1n) is 17.3. The van der Waals surface area contributed by atoms with Crippen LogP contribution in [0.5, 0.6) is 0 Å². The van der Waals surface area contributed by atoms with E-state index in [9.17, 15) is 53.0 Å². The number of hydrogen-bond acceptors (Lipinski definition) is 24. The van der Waals surface area contributed by atoms with Crippen LogP contribution < -0.4 is 32.1 Å². The Morgan fingerprint density at radius 2 is 0.984 bits per heavy atom. The molecule has 0 aliphatic heterocycles. The van der Waals surface area contributed by atoms with Gasteiger partial charge in [-0.3, -0.25) is 18.2 Å². The largest absolute Gasteiger partial charge is 0.396 e. The molecule has 0 fully saturated rings. The summed E-state index contributed by atoms with van der Waals surface area (Å²) in [6, 6.07) is 6.89. The van der Waals surface area contributed by atoms with Crippen molar-refractivity contribution in [2.24, 2.45) is 0 Å². The molecule has 0 aliphatic carbocycles. The topological polar surface area (TPSA) is 448 Å². The van der Waals surface area contributed by atoms with E-state index in [2.05, 4.69) is 56.5 Å². The lowest BCUT2D eigenvalue weighted by molar-refractivity contribution is 0.105. The summed E-state index contributed by atoms with van der Waals surface area (Å²) in [7, 11) is -18.8. The summed E-state index contributed by atoms with van der Waals surface area (Å²) < 4.78 is 133. The van der Waals surface area contributed by atoms with E-state index in [4.69, 9.17) is 19.4 Å². The third-order valence-electron chi connectivity index (χ3n) is 7.74. The molecule has 340 valence electrons. The van der Waals surface area contributed by atoms with Crippen molar-refractivity contribution in [3.8, 4) is 0 Å². The zero-order valence-electron chi connectivity index (χ0n) is 31.6. The number of anilines is 7. The van der Waals surface area contributed by atoms with Gasteiger partial charge in [-0.2, -0.15) is 63.6 Å². The van der Waals surface area contributed by atoms with E-state index in [1.807, 2.05) is 5.48 Å². The first-order chi connectivity index (χ1) is 29.0. The van der Waals surface area contributed by atoms with Crippen LogP contribution >= 0.6 is 0 Å². The molecule has 0 bridgehead atoms. The van der Waals surface area contributed by atoms with Crippen LogP contribution in [-0.2, 0) is 40.5 Å². The monoisotopic (exact) mass is 952 g/mol. The van der Waals surface area contributed by atoms with Crippen molar-refractivity contribution < 1.29 is 72.4 Å². The standard InChI is InChI=1S/C30H40N12O16S4/c43-15-19(13-34-46)25-37-26(31-7-9-59(47,48)49)40-29(38-25)35-20-5-3-17(23(11-20)61(53,54)55)1-2-18-4-6-21(12-24(18)62(56,57)58)36-30-41-27(32-8-10-60(50,51)52)39-28(42-30)33-14-22(45)16-44/h1-6,11-12,19,22,34,43-46H,7-10,13-16H2,(H,47,48,49)(H,50,51,52)(H,53,54,55)(H,56,57,58)(H2,31,35,37,38,40)(H3,32,33,36,39,41,42). The smallest absolute Gasteiger partial charge is 0.295 e. The fraction of sp³-hybridized carbons (Fsp3) is 0.333. The highest BCUT2D eigenvalue weighted by molar-refractivity contribution is 7.86. The van der Waals surface area contributed by atoms with Gasteiger partial charge in [0, 0.05) is 37.6 Å². The summed E-state index contributed by atoms with van der Waals surface area (Å²) in [5.41, 5.74) is 1.39. The second-order valence-corrected chi connectivity index (χ2v) is 18.5. The molecule has 0 saturated carbocycles. The maximum absolute atomic E-state index is 12.5. The maximum Gasteiger partial charge on any atom is 0.295 e. The predicted molar refractivity (Wildman–Crippen MR) is 219 cm³/mol. The fourth-order valence-electron chi connectivity index (χ4n) is 4.89.